The van der Waals surface area contributed by atoms with E-state index in [1.165, 1.54) is 0 Å². The van der Waals surface area contributed by atoms with Gasteiger partial charge in [-0.3, -0.25) is 4.79 Å². The molecule has 0 spiro atoms. The van der Waals surface area contributed by atoms with Crippen LogP contribution in [-0.2, 0) is 9.53 Å². The van der Waals surface area contributed by atoms with Crippen molar-refractivity contribution in [2.24, 2.45) is 5.92 Å². The first-order chi connectivity index (χ1) is 7.44. The van der Waals surface area contributed by atoms with Gasteiger partial charge in [-0.05, 0) is 26.7 Å². The molecule has 1 amide bonds. The Bertz CT molecular complexity index is 240. The summed E-state index contributed by atoms with van der Waals surface area (Å²) in [4.78, 5) is 11.6. The highest BCUT2D eigenvalue weighted by Gasteiger charge is 2.26. The van der Waals surface area contributed by atoms with Crippen LogP contribution in [0.4, 0.5) is 0 Å². The van der Waals surface area contributed by atoms with Crippen molar-refractivity contribution >= 4 is 5.91 Å². The van der Waals surface area contributed by atoms with Gasteiger partial charge in [0.1, 0.15) is 0 Å². The molecular weight excluding hydrogens is 206 g/mol. The fourth-order valence-electron chi connectivity index (χ4n) is 2.02. The van der Waals surface area contributed by atoms with Crippen molar-refractivity contribution in [1.29, 1.82) is 0 Å². The molecule has 2 atom stereocenters. The minimum absolute atomic E-state index is 0.00838. The highest BCUT2D eigenvalue weighted by atomic mass is 16.5. The van der Waals surface area contributed by atoms with Crippen LogP contribution in [0, 0.1) is 5.92 Å². The number of amides is 1. The van der Waals surface area contributed by atoms with Crippen molar-refractivity contribution in [2.45, 2.75) is 51.2 Å². The van der Waals surface area contributed by atoms with Crippen molar-refractivity contribution in [3.05, 3.63) is 0 Å². The number of methoxy groups -OCH3 is 1. The molecule has 0 aromatic carbocycles. The summed E-state index contributed by atoms with van der Waals surface area (Å²) < 4.78 is 5.19. The number of ether oxygens (including phenoxy) is 1. The van der Waals surface area contributed by atoms with Crippen molar-refractivity contribution in [3.63, 3.8) is 0 Å². The zero-order chi connectivity index (χ0) is 12.2. The molecule has 0 aromatic rings. The van der Waals surface area contributed by atoms with E-state index in [0.717, 1.165) is 19.3 Å². The van der Waals surface area contributed by atoms with E-state index in [-0.39, 0.29) is 17.9 Å². The molecule has 1 aliphatic rings. The number of aliphatic hydroxyl groups excluding tert-OH is 1. The highest BCUT2D eigenvalue weighted by Crippen LogP contribution is 2.24. The average molecular weight is 229 g/mol. The lowest BCUT2D eigenvalue weighted by Crippen LogP contribution is -2.37. The molecule has 1 fully saturated rings. The first kappa shape index (κ1) is 13.5. The van der Waals surface area contributed by atoms with Gasteiger partial charge in [0, 0.05) is 19.6 Å². The molecule has 0 bridgehead atoms. The van der Waals surface area contributed by atoms with E-state index in [0.29, 0.717) is 13.0 Å². The van der Waals surface area contributed by atoms with Gasteiger partial charge in [-0.2, -0.15) is 0 Å². The van der Waals surface area contributed by atoms with Crippen LogP contribution in [0.15, 0.2) is 0 Å². The summed E-state index contributed by atoms with van der Waals surface area (Å²) in [5.74, 6) is 0.223. The van der Waals surface area contributed by atoms with Gasteiger partial charge in [0.2, 0.25) is 5.91 Å². The van der Waals surface area contributed by atoms with E-state index >= 15 is 0 Å². The molecule has 0 aliphatic heterocycles. The van der Waals surface area contributed by atoms with Crippen LogP contribution >= 0.6 is 0 Å². The summed E-state index contributed by atoms with van der Waals surface area (Å²) in [5.41, 5.74) is -0.418. The molecule has 1 saturated carbocycles. The van der Waals surface area contributed by atoms with Crippen LogP contribution in [-0.4, -0.2) is 36.4 Å². The first-order valence-electron chi connectivity index (χ1n) is 5.94. The maximum Gasteiger partial charge on any atom is 0.222 e. The van der Waals surface area contributed by atoms with E-state index in [1.807, 2.05) is 13.8 Å². The summed E-state index contributed by atoms with van der Waals surface area (Å²) in [6.07, 6.45) is 3.05. The van der Waals surface area contributed by atoms with Crippen LogP contribution in [0.1, 0.15) is 39.5 Å². The van der Waals surface area contributed by atoms with Crippen LogP contribution in [0.5, 0.6) is 0 Å². The normalized spacial score (nSPS) is 25.8. The molecule has 4 nitrogen and oxygen atoms in total. The maximum atomic E-state index is 11.6. The van der Waals surface area contributed by atoms with Crippen LogP contribution in [0.2, 0.25) is 0 Å². The molecule has 1 aliphatic carbocycles. The Morgan fingerprint density at radius 2 is 2.19 bits per heavy atom. The summed E-state index contributed by atoms with van der Waals surface area (Å²) in [6, 6.07) is 0. The minimum atomic E-state index is -0.418. The lowest BCUT2D eigenvalue weighted by molar-refractivity contribution is -0.126. The molecular formula is C12H23NO3. The maximum absolute atomic E-state index is 11.6. The van der Waals surface area contributed by atoms with Crippen LogP contribution < -0.4 is 5.32 Å². The van der Waals surface area contributed by atoms with Gasteiger partial charge in [-0.25, -0.2) is 0 Å². The number of carbonyl (C=O) groups excluding carboxylic acids is 1. The van der Waals surface area contributed by atoms with E-state index in [2.05, 4.69) is 5.32 Å². The second-order valence-corrected chi connectivity index (χ2v) is 5.20. The molecule has 4 heteroatoms. The quantitative estimate of drug-likeness (QED) is 0.741. The van der Waals surface area contributed by atoms with Crippen LogP contribution in [0.3, 0.4) is 0 Å². The Balaban J connectivity index is 2.25. The van der Waals surface area contributed by atoms with Gasteiger partial charge in [0.15, 0.2) is 0 Å². The predicted octanol–water partition coefficient (Wildman–Crippen LogP) is 1.08. The van der Waals surface area contributed by atoms with Gasteiger partial charge in [-0.15, -0.1) is 0 Å². The lowest BCUT2D eigenvalue weighted by Gasteiger charge is -2.23. The SMILES string of the molecule is COC(C)(C)CC(=O)NCC1CCCC1O. The molecule has 0 saturated heterocycles. The fraction of sp³-hybridized carbons (Fsp3) is 0.917. The van der Waals surface area contributed by atoms with Gasteiger partial charge in [0.25, 0.3) is 0 Å². The molecule has 1 rings (SSSR count). The van der Waals surface area contributed by atoms with Crippen molar-refractivity contribution in [2.75, 3.05) is 13.7 Å². The number of hydrogen-bond donors (Lipinski definition) is 2. The Labute approximate surface area is 97.4 Å². The first-order valence-corrected chi connectivity index (χ1v) is 5.94. The molecule has 2 unspecified atom stereocenters. The van der Waals surface area contributed by atoms with E-state index in [1.54, 1.807) is 7.11 Å². The van der Waals surface area contributed by atoms with Crippen molar-refractivity contribution < 1.29 is 14.6 Å². The average Bonchev–Trinajstić information content (AvgIpc) is 2.60. The Kier molecular flexibility index (Phi) is 4.74. The number of carbonyl (C=O) groups is 1. The number of rotatable bonds is 5. The van der Waals surface area contributed by atoms with E-state index < -0.39 is 5.60 Å². The van der Waals surface area contributed by atoms with Crippen molar-refractivity contribution in [3.8, 4) is 0 Å². The van der Waals surface area contributed by atoms with E-state index in [9.17, 15) is 9.90 Å². The van der Waals surface area contributed by atoms with Crippen LogP contribution in [0.25, 0.3) is 0 Å². The summed E-state index contributed by atoms with van der Waals surface area (Å²) >= 11 is 0. The lowest BCUT2D eigenvalue weighted by atomic mass is 10.0. The smallest absolute Gasteiger partial charge is 0.222 e. The summed E-state index contributed by atoms with van der Waals surface area (Å²) in [6.45, 7) is 4.35. The molecule has 0 aromatic heterocycles. The zero-order valence-corrected chi connectivity index (χ0v) is 10.5. The predicted molar refractivity (Wildman–Crippen MR) is 62.1 cm³/mol. The van der Waals surface area contributed by atoms with Gasteiger partial charge >= 0.3 is 0 Å². The minimum Gasteiger partial charge on any atom is -0.393 e. The fourth-order valence-corrected chi connectivity index (χ4v) is 2.02. The third kappa shape index (κ3) is 4.10. The van der Waals surface area contributed by atoms with Gasteiger partial charge in [0.05, 0.1) is 18.1 Å². The summed E-state index contributed by atoms with van der Waals surface area (Å²) in [5, 5.41) is 12.5. The second-order valence-electron chi connectivity index (χ2n) is 5.20. The number of nitrogens with one attached hydrogen (secondary N) is 1. The zero-order valence-electron chi connectivity index (χ0n) is 10.5. The summed E-state index contributed by atoms with van der Waals surface area (Å²) in [7, 11) is 1.61. The Morgan fingerprint density at radius 3 is 2.69 bits per heavy atom. The van der Waals surface area contributed by atoms with E-state index in [4.69, 9.17) is 4.74 Å². The molecule has 0 radical (unpaired) electrons. The third-order valence-electron chi connectivity index (χ3n) is 3.32. The topological polar surface area (TPSA) is 58.6 Å². The monoisotopic (exact) mass is 229 g/mol. The molecule has 0 heterocycles. The number of hydrogen-bond acceptors (Lipinski definition) is 3. The highest BCUT2D eigenvalue weighted by molar-refractivity contribution is 5.76. The molecule has 16 heavy (non-hydrogen) atoms. The Hall–Kier alpha value is -0.610. The largest absolute Gasteiger partial charge is 0.393 e. The van der Waals surface area contributed by atoms with Crippen molar-refractivity contribution in [1.82, 2.24) is 5.32 Å². The molecule has 2 N–H and O–H groups in total. The molecule has 94 valence electrons. The Morgan fingerprint density at radius 1 is 1.50 bits per heavy atom. The standard InChI is InChI=1S/C12H23NO3/c1-12(2,16-3)7-11(15)13-8-9-5-4-6-10(9)14/h9-10,14H,4-8H2,1-3H3,(H,13,15). The third-order valence-corrected chi connectivity index (χ3v) is 3.32. The van der Waals surface area contributed by atoms with Gasteiger partial charge < -0.3 is 15.2 Å². The second kappa shape index (κ2) is 5.64. The van der Waals surface area contributed by atoms with Gasteiger partial charge in [-0.1, -0.05) is 6.42 Å². The number of aliphatic hydroxyl groups is 1.